The number of likely N-dealkylation sites (N-methyl/N-ethyl adjacent to an activating group) is 1. The van der Waals surface area contributed by atoms with Gasteiger partial charge in [0.2, 0.25) is 15.9 Å². The molecule has 0 aliphatic carbocycles. The lowest BCUT2D eigenvalue weighted by Crippen LogP contribution is -2.45. The van der Waals surface area contributed by atoms with Crippen LogP contribution in [0.2, 0.25) is 10.0 Å². The monoisotopic (exact) mass is 649 g/mol. The van der Waals surface area contributed by atoms with Gasteiger partial charge in [0.15, 0.2) is 0 Å². The van der Waals surface area contributed by atoms with Gasteiger partial charge in [0.05, 0.1) is 34.5 Å². The zero-order chi connectivity index (χ0) is 31.0. The fourth-order valence-electron chi connectivity index (χ4n) is 5.67. The average Bonchev–Trinajstić information content (AvgIpc) is 3.42. The third-order valence-corrected chi connectivity index (χ3v) is 10.7. The third-order valence-electron chi connectivity index (χ3n) is 8.10. The van der Waals surface area contributed by atoms with Crippen LogP contribution < -0.4 is 4.74 Å². The van der Waals surface area contributed by atoms with Gasteiger partial charge in [-0.25, -0.2) is 12.7 Å². The molecule has 2 saturated heterocycles. The molecule has 2 atom stereocenters. The number of ether oxygens (including phenoxy) is 1. The first-order valence-electron chi connectivity index (χ1n) is 13.4. The van der Waals surface area contributed by atoms with E-state index < -0.39 is 51.3 Å². The Morgan fingerprint density at radius 2 is 1.71 bits per heavy atom. The van der Waals surface area contributed by atoms with Gasteiger partial charge in [-0.05, 0) is 55.7 Å². The number of piperidine rings is 1. The van der Waals surface area contributed by atoms with Gasteiger partial charge in [-0.2, -0.15) is 13.2 Å². The first kappa shape index (κ1) is 32.4. The summed E-state index contributed by atoms with van der Waals surface area (Å²) in [5.41, 5.74) is -0.517. The first-order chi connectivity index (χ1) is 19.7. The number of carbonyl (C=O) groups excluding carboxylic acids is 2. The minimum atomic E-state index is -4.73. The molecule has 0 radical (unpaired) electrons. The minimum Gasteiger partial charge on any atom is -0.496 e. The molecule has 0 saturated carbocycles. The number of amides is 2. The number of carbonyl (C=O) groups is 2. The number of hydrogen-bond donors (Lipinski definition) is 0. The molecular weight excluding hydrogens is 618 g/mol. The molecular formula is C28H32Cl2F3N3O5S. The van der Waals surface area contributed by atoms with Gasteiger partial charge in [0, 0.05) is 50.6 Å². The highest BCUT2D eigenvalue weighted by atomic mass is 35.5. The minimum absolute atomic E-state index is 0.0101. The van der Waals surface area contributed by atoms with Crippen molar-refractivity contribution < 1.29 is 35.9 Å². The Hall–Kier alpha value is -2.54. The van der Waals surface area contributed by atoms with E-state index in [1.807, 2.05) is 0 Å². The first-order valence-corrected chi connectivity index (χ1v) is 15.8. The Balaban J connectivity index is 1.60. The molecule has 42 heavy (non-hydrogen) atoms. The smallest absolute Gasteiger partial charge is 0.419 e. The molecule has 4 rings (SSSR count). The molecule has 0 unspecified atom stereocenters. The van der Waals surface area contributed by atoms with Crippen LogP contribution in [0.3, 0.4) is 0 Å². The second-order valence-corrected chi connectivity index (χ2v) is 13.6. The number of nitrogens with zero attached hydrogens (tertiary/aromatic N) is 3. The number of likely N-dealkylation sites (tertiary alicyclic amines) is 1. The Bertz CT molecular complexity index is 1450. The summed E-state index contributed by atoms with van der Waals surface area (Å²) in [6.45, 7) is 2.45. The second kappa shape index (κ2) is 12.6. The number of hydrogen-bond acceptors (Lipinski definition) is 5. The summed E-state index contributed by atoms with van der Waals surface area (Å²) in [7, 11) is -0.733. The molecule has 2 amide bonds. The Labute approximate surface area is 253 Å². The van der Waals surface area contributed by atoms with Crippen molar-refractivity contribution in [1.29, 1.82) is 0 Å². The van der Waals surface area contributed by atoms with Crippen LogP contribution in [0.25, 0.3) is 0 Å². The van der Waals surface area contributed by atoms with Crippen molar-refractivity contribution in [3.63, 3.8) is 0 Å². The van der Waals surface area contributed by atoms with Crippen LogP contribution in [-0.2, 0) is 21.0 Å². The zero-order valence-electron chi connectivity index (χ0n) is 23.3. The number of methoxy groups -OCH3 is 1. The highest BCUT2D eigenvalue weighted by molar-refractivity contribution is 7.89. The lowest BCUT2D eigenvalue weighted by molar-refractivity contribution is -0.139. The van der Waals surface area contributed by atoms with Crippen LogP contribution in [0.5, 0.6) is 5.75 Å². The van der Waals surface area contributed by atoms with Gasteiger partial charge in [-0.1, -0.05) is 29.3 Å². The maximum Gasteiger partial charge on any atom is 0.419 e. The highest BCUT2D eigenvalue weighted by Gasteiger charge is 2.43. The van der Waals surface area contributed by atoms with Crippen LogP contribution in [0.15, 0.2) is 36.4 Å². The van der Waals surface area contributed by atoms with E-state index in [9.17, 15) is 31.2 Å². The van der Waals surface area contributed by atoms with E-state index >= 15 is 0 Å². The summed E-state index contributed by atoms with van der Waals surface area (Å²) in [5, 5.41) is 0.625. The van der Waals surface area contributed by atoms with Crippen LogP contribution >= 0.6 is 23.2 Å². The third kappa shape index (κ3) is 6.66. The fourth-order valence-corrected chi connectivity index (χ4v) is 7.11. The standard InChI is InChI=1S/C28H32Cl2F3N3O5S/c1-4-42(39,40)36-11-9-17(10-12-36)27(38)35-15-20(18-5-7-22(29)23(30)14-18)24(16-35)34(2)26(37)19-6-8-25(41-3)21(13-19)28(31,32)33/h5-8,13-14,17,20,24H,4,9-12,15-16H2,1-3H3/t20-,24+/m1/s1. The molecule has 2 aromatic rings. The van der Waals surface area contributed by atoms with E-state index in [0.717, 1.165) is 24.8 Å². The summed E-state index contributed by atoms with van der Waals surface area (Å²) in [6.07, 6.45) is -3.99. The largest absolute Gasteiger partial charge is 0.496 e. The van der Waals surface area contributed by atoms with E-state index in [1.165, 1.54) is 22.3 Å². The van der Waals surface area contributed by atoms with Crippen molar-refractivity contribution in [3.8, 4) is 5.75 Å². The maximum absolute atomic E-state index is 13.7. The Kier molecular flexibility index (Phi) is 9.71. The van der Waals surface area contributed by atoms with E-state index in [0.29, 0.717) is 22.9 Å². The van der Waals surface area contributed by atoms with Gasteiger partial charge in [-0.3, -0.25) is 9.59 Å². The SMILES string of the molecule is CCS(=O)(=O)N1CCC(C(=O)N2C[C@H](c3ccc(Cl)c(Cl)c3)[C@@H](N(C)C(=O)c3ccc(OC)c(C(F)(F)F)c3)C2)CC1. The van der Waals surface area contributed by atoms with E-state index in [-0.39, 0.29) is 43.4 Å². The van der Waals surface area contributed by atoms with Crippen molar-refractivity contribution >= 4 is 45.0 Å². The van der Waals surface area contributed by atoms with Gasteiger partial charge >= 0.3 is 6.18 Å². The molecule has 0 N–H and O–H groups in total. The van der Waals surface area contributed by atoms with E-state index in [4.69, 9.17) is 27.9 Å². The summed E-state index contributed by atoms with van der Waals surface area (Å²) in [4.78, 5) is 30.2. The van der Waals surface area contributed by atoms with Gasteiger partial charge in [-0.15, -0.1) is 0 Å². The average molecular weight is 651 g/mol. The van der Waals surface area contributed by atoms with Crippen molar-refractivity contribution in [1.82, 2.24) is 14.1 Å². The lowest BCUT2D eigenvalue weighted by atomic mass is 9.93. The molecule has 2 fully saturated rings. The molecule has 8 nitrogen and oxygen atoms in total. The molecule has 2 aliphatic heterocycles. The van der Waals surface area contributed by atoms with Gasteiger partial charge in [0.1, 0.15) is 5.75 Å². The van der Waals surface area contributed by atoms with Crippen molar-refractivity contribution in [3.05, 3.63) is 63.1 Å². The number of alkyl halides is 3. The summed E-state index contributed by atoms with van der Waals surface area (Å²) in [6, 6.07) is 7.59. The predicted octanol–water partition coefficient (Wildman–Crippen LogP) is 5.15. The molecule has 0 spiro atoms. The van der Waals surface area contributed by atoms with Crippen LogP contribution in [0.4, 0.5) is 13.2 Å². The highest BCUT2D eigenvalue weighted by Crippen LogP contribution is 2.39. The summed E-state index contributed by atoms with van der Waals surface area (Å²) >= 11 is 12.4. The summed E-state index contributed by atoms with van der Waals surface area (Å²) in [5.74, 6) is -2.00. The molecule has 230 valence electrons. The van der Waals surface area contributed by atoms with Crippen molar-refractivity contribution in [2.75, 3.05) is 46.1 Å². The molecule has 14 heteroatoms. The van der Waals surface area contributed by atoms with E-state index in [2.05, 4.69) is 0 Å². The van der Waals surface area contributed by atoms with E-state index in [1.54, 1.807) is 30.0 Å². The van der Waals surface area contributed by atoms with Crippen LogP contribution in [0.1, 0.15) is 47.2 Å². The number of rotatable bonds is 7. The predicted molar refractivity (Wildman–Crippen MR) is 153 cm³/mol. The second-order valence-electron chi connectivity index (χ2n) is 10.5. The van der Waals surface area contributed by atoms with Gasteiger partial charge in [0.25, 0.3) is 5.91 Å². The number of sulfonamides is 1. The normalized spacial score (nSPS) is 20.5. The van der Waals surface area contributed by atoms with Crippen molar-refractivity contribution in [2.45, 2.75) is 37.9 Å². The molecule has 0 bridgehead atoms. The topological polar surface area (TPSA) is 87.2 Å². The molecule has 2 aliphatic rings. The zero-order valence-corrected chi connectivity index (χ0v) is 25.7. The molecule has 2 aromatic carbocycles. The Morgan fingerprint density at radius 1 is 1.05 bits per heavy atom. The van der Waals surface area contributed by atoms with Crippen LogP contribution in [-0.4, -0.2) is 86.5 Å². The maximum atomic E-state index is 13.7. The number of benzene rings is 2. The fraction of sp³-hybridized carbons (Fsp3) is 0.500. The number of halogens is 5. The van der Waals surface area contributed by atoms with Gasteiger partial charge < -0.3 is 14.5 Å². The van der Waals surface area contributed by atoms with Crippen LogP contribution in [0, 0.1) is 5.92 Å². The lowest BCUT2D eigenvalue weighted by Gasteiger charge is -2.32. The molecule has 2 heterocycles. The quantitative estimate of drug-likeness (QED) is 0.414. The molecule has 0 aromatic heterocycles. The Morgan fingerprint density at radius 3 is 2.29 bits per heavy atom. The van der Waals surface area contributed by atoms with Crippen molar-refractivity contribution in [2.24, 2.45) is 5.92 Å². The summed E-state index contributed by atoms with van der Waals surface area (Å²) < 4.78 is 71.7.